The van der Waals surface area contributed by atoms with E-state index in [-0.39, 0.29) is 42.0 Å². The van der Waals surface area contributed by atoms with Gasteiger partial charge in [-0.3, -0.25) is 4.79 Å². The molecule has 1 aromatic rings. The predicted octanol–water partition coefficient (Wildman–Crippen LogP) is 2.20. The molecule has 0 saturated carbocycles. The first-order chi connectivity index (χ1) is 15.8. The van der Waals surface area contributed by atoms with E-state index in [1.807, 2.05) is 0 Å². The van der Waals surface area contributed by atoms with E-state index >= 15 is 0 Å². The molecular formula is C23H38N4O5S. The standard InChI is InChI=1S/C23H38N4O5S/c1-4-32-23(29)20-17(2)25-18(3)21(20)33(30,31)27-14-9-19(10-15-27)22(28)24-11-16-26-12-7-5-6-8-13-26/h19,25H,4-16H2,1-3H3,(H,24,28). The zero-order valence-electron chi connectivity index (χ0n) is 20.1. The zero-order chi connectivity index (χ0) is 24.0. The van der Waals surface area contributed by atoms with E-state index < -0.39 is 16.0 Å². The number of carbonyl (C=O) groups excluding carboxylic acids is 2. The Hall–Kier alpha value is -1.91. The van der Waals surface area contributed by atoms with Gasteiger partial charge in [-0.15, -0.1) is 0 Å². The van der Waals surface area contributed by atoms with Crippen molar-refractivity contribution in [1.29, 1.82) is 0 Å². The van der Waals surface area contributed by atoms with Crippen LogP contribution in [0.25, 0.3) is 0 Å². The highest BCUT2D eigenvalue weighted by Crippen LogP contribution is 2.30. The molecule has 2 aliphatic rings. The number of aromatic nitrogens is 1. The lowest BCUT2D eigenvalue weighted by Gasteiger charge is -2.31. The summed E-state index contributed by atoms with van der Waals surface area (Å²) in [6, 6.07) is 0. The molecule has 0 radical (unpaired) electrons. The monoisotopic (exact) mass is 482 g/mol. The fraction of sp³-hybridized carbons (Fsp3) is 0.739. The van der Waals surface area contributed by atoms with Crippen LogP contribution in [0.3, 0.4) is 0 Å². The summed E-state index contributed by atoms with van der Waals surface area (Å²) < 4.78 is 33.3. The molecular weight excluding hydrogens is 444 g/mol. The number of aryl methyl sites for hydroxylation is 2. The van der Waals surface area contributed by atoms with Crippen LogP contribution in [0, 0.1) is 19.8 Å². The minimum absolute atomic E-state index is 0.00255. The zero-order valence-corrected chi connectivity index (χ0v) is 20.9. The fourth-order valence-electron chi connectivity index (χ4n) is 4.86. The van der Waals surface area contributed by atoms with Crippen LogP contribution in [-0.4, -0.2) is 80.4 Å². The first-order valence-corrected chi connectivity index (χ1v) is 13.6. The molecule has 2 aliphatic heterocycles. The van der Waals surface area contributed by atoms with Crippen LogP contribution in [0.1, 0.15) is 67.2 Å². The topological polar surface area (TPSA) is 112 Å². The Bertz CT molecular complexity index is 927. The molecule has 3 rings (SSSR count). The molecule has 186 valence electrons. The fourth-order valence-corrected chi connectivity index (χ4v) is 6.74. The van der Waals surface area contributed by atoms with Crippen LogP contribution < -0.4 is 5.32 Å². The van der Waals surface area contributed by atoms with E-state index in [1.54, 1.807) is 20.8 Å². The first kappa shape index (κ1) is 25.7. The number of H-pyrrole nitrogens is 1. The molecule has 0 aliphatic carbocycles. The minimum atomic E-state index is -3.89. The molecule has 2 N–H and O–H groups in total. The van der Waals surface area contributed by atoms with Gasteiger partial charge in [-0.25, -0.2) is 13.2 Å². The summed E-state index contributed by atoms with van der Waals surface area (Å²) >= 11 is 0. The lowest BCUT2D eigenvalue weighted by atomic mass is 9.97. The van der Waals surface area contributed by atoms with E-state index in [4.69, 9.17) is 4.74 Å². The SMILES string of the molecule is CCOC(=O)c1c(C)[nH]c(C)c1S(=O)(=O)N1CCC(C(=O)NCCN2CCCCCC2)CC1. The van der Waals surface area contributed by atoms with Gasteiger partial charge in [0.1, 0.15) is 10.5 Å². The van der Waals surface area contributed by atoms with Gasteiger partial charge in [-0.1, -0.05) is 12.8 Å². The molecule has 3 heterocycles. The summed E-state index contributed by atoms with van der Waals surface area (Å²) in [4.78, 5) is 30.4. The molecule has 0 atom stereocenters. The predicted molar refractivity (Wildman–Crippen MR) is 126 cm³/mol. The van der Waals surface area contributed by atoms with Crippen molar-refractivity contribution < 1.29 is 22.7 Å². The van der Waals surface area contributed by atoms with Crippen LogP contribution >= 0.6 is 0 Å². The summed E-state index contributed by atoms with van der Waals surface area (Å²) in [6.07, 6.45) is 5.94. The number of sulfonamides is 1. The summed E-state index contributed by atoms with van der Waals surface area (Å²) in [7, 11) is -3.89. The molecule has 1 amide bonds. The van der Waals surface area contributed by atoms with Gasteiger partial charge < -0.3 is 19.9 Å². The molecule has 0 spiro atoms. The molecule has 1 aromatic heterocycles. The van der Waals surface area contributed by atoms with Crippen LogP contribution in [0.4, 0.5) is 0 Å². The molecule has 2 saturated heterocycles. The van der Waals surface area contributed by atoms with Crippen molar-refractivity contribution >= 4 is 21.9 Å². The number of aromatic amines is 1. The maximum atomic E-state index is 13.4. The van der Waals surface area contributed by atoms with Crippen molar-refractivity contribution in [3.05, 3.63) is 17.0 Å². The van der Waals surface area contributed by atoms with Gasteiger partial charge in [0.2, 0.25) is 15.9 Å². The largest absolute Gasteiger partial charge is 0.462 e. The lowest BCUT2D eigenvalue weighted by Crippen LogP contribution is -2.44. The smallest absolute Gasteiger partial charge is 0.341 e. The Morgan fingerprint density at radius 2 is 1.67 bits per heavy atom. The first-order valence-electron chi connectivity index (χ1n) is 12.1. The van der Waals surface area contributed by atoms with Crippen molar-refractivity contribution in [2.75, 3.05) is 45.9 Å². The Labute approximate surface area is 197 Å². The van der Waals surface area contributed by atoms with Crippen LogP contribution in [-0.2, 0) is 19.6 Å². The average molecular weight is 483 g/mol. The summed E-state index contributed by atoms with van der Waals surface area (Å²) in [5.41, 5.74) is 0.967. The second-order valence-corrected chi connectivity index (χ2v) is 10.9. The van der Waals surface area contributed by atoms with Crippen molar-refractivity contribution in [2.24, 2.45) is 5.92 Å². The molecule has 2 fully saturated rings. The minimum Gasteiger partial charge on any atom is -0.462 e. The average Bonchev–Trinajstić information content (AvgIpc) is 2.93. The highest BCUT2D eigenvalue weighted by atomic mass is 32.2. The second kappa shape index (κ2) is 11.5. The maximum Gasteiger partial charge on any atom is 0.341 e. The number of nitrogens with one attached hydrogen (secondary N) is 2. The van der Waals surface area contributed by atoms with Gasteiger partial charge in [0, 0.05) is 43.5 Å². The van der Waals surface area contributed by atoms with Gasteiger partial charge in [0.15, 0.2) is 0 Å². The molecule has 0 bridgehead atoms. The normalized spacial score (nSPS) is 19.2. The summed E-state index contributed by atoms with van der Waals surface area (Å²) in [6.45, 7) is 9.34. The number of rotatable bonds is 8. The number of carbonyl (C=O) groups is 2. The molecule has 0 unspecified atom stereocenters. The van der Waals surface area contributed by atoms with E-state index in [9.17, 15) is 18.0 Å². The van der Waals surface area contributed by atoms with E-state index in [0.717, 1.165) is 19.6 Å². The number of ether oxygens (including phenoxy) is 1. The van der Waals surface area contributed by atoms with Crippen molar-refractivity contribution in [1.82, 2.24) is 19.5 Å². The number of likely N-dealkylation sites (tertiary alicyclic amines) is 1. The third-order valence-corrected chi connectivity index (χ3v) is 8.72. The van der Waals surface area contributed by atoms with Crippen molar-refractivity contribution in [3.63, 3.8) is 0 Å². The Morgan fingerprint density at radius 3 is 2.27 bits per heavy atom. The highest BCUT2D eigenvalue weighted by molar-refractivity contribution is 7.89. The van der Waals surface area contributed by atoms with Crippen molar-refractivity contribution in [2.45, 2.75) is 64.2 Å². The highest BCUT2D eigenvalue weighted by Gasteiger charge is 2.37. The number of hydrogen-bond acceptors (Lipinski definition) is 6. The van der Waals surface area contributed by atoms with Gasteiger partial charge in [-0.2, -0.15) is 4.31 Å². The van der Waals surface area contributed by atoms with Gasteiger partial charge in [-0.05, 0) is 59.5 Å². The number of amides is 1. The summed E-state index contributed by atoms with van der Waals surface area (Å²) in [5, 5.41) is 3.04. The van der Waals surface area contributed by atoms with Gasteiger partial charge in [0.25, 0.3) is 0 Å². The molecule has 9 nitrogen and oxygen atoms in total. The Balaban J connectivity index is 1.57. The number of piperidine rings is 1. The number of hydrogen-bond donors (Lipinski definition) is 2. The summed E-state index contributed by atoms with van der Waals surface area (Å²) in [5.74, 6) is -0.835. The number of nitrogens with zero attached hydrogens (tertiary/aromatic N) is 2. The third kappa shape index (κ3) is 6.16. The third-order valence-electron chi connectivity index (χ3n) is 6.65. The molecule has 33 heavy (non-hydrogen) atoms. The quantitative estimate of drug-likeness (QED) is 0.550. The Morgan fingerprint density at radius 1 is 1.03 bits per heavy atom. The molecule has 0 aromatic carbocycles. The van der Waals surface area contributed by atoms with Gasteiger partial charge >= 0.3 is 5.97 Å². The van der Waals surface area contributed by atoms with E-state index in [0.29, 0.717) is 30.8 Å². The maximum absolute atomic E-state index is 13.4. The lowest BCUT2D eigenvalue weighted by molar-refractivity contribution is -0.126. The van der Waals surface area contributed by atoms with Crippen molar-refractivity contribution in [3.8, 4) is 0 Å². The van der Waals surface area contributed by atoms with Crippen LogP contribution in [0.5, 0.6) is 0 Å². The second-order valence-electron chi connectivity index (χ2n) is 9.02. The van der Waals surface area contributed by atoms with E-state index in [1.165, 1.54) is 30.0 Å². The Kier molecular flexibility index (Phi) is 8.95. The van der Waals surface area contributed by atoms with Crippen LogP contribution in [0.15, 0.2) is 4.90 Å². The number of esters is 1. The van der Waals surface area contributed by atoms with Gasteiger partial charge in [0.05, 0.1) is 6.61 Å². The van der Waals surface area contributed by atoms with Crippen LogP contribution in [0.2, 0.25) is 0 Å². The molecule has 10 heteroatoms. The van der Waals surface area contributed by atoms with E-state index in [2.05, 4.69) is 15.2 Å².